The number of aromatic nitrogens is 2. The van der Waals surface area contributed by atoms with E-state index in [1.54, 1.807) is 0 Å². The largest absolute Gasteiger partial charge is 0.363 e. The normalized spacial score (nSPS) is 25.5. The summed E-state index contributed by atoms with van der Waals surface area (Å²) < 4.78 is 0.103. The number of nitrogens with zero attached hydrogens (tertiary/aromatic N) is 4. The van der Waals surface area contributed by atoms with Gasteiger partial charge in [-0.25, -0.2) is 4.98 Å². The van der Waals surface area contributed by atoms with Gasteiger partial charge in [0.05, 0.1) is 11.7 Å². The monoisotopic (exact) mass is 521 g/mol. The van der Waals surface area contributed by atoms with E-state index in [1.807, 2.05) is 0 Å². The van der Waals surface area contributed by atoms with E-state index in [1.165, 1.54) is 48.9 Å². The van der Waals surface area contributed by atoms with Gasteiger partial charge >= 0.3 is 0 Å². The number of hydrogen-bond acceptors (Lipinski definition) is 6. The Morgan fingerprint density at radius 1 is 1.14 bits per heavy atom. The summed E-state index contributed by atoms with van der Waals surface area (Å²) in [6, 6.07) is 7.64. The second-order valence-corrected chi connectivity index (χ2v) is 13.9. The summed E-state index contributed by atoms with van der Waals surface area (Å²) in [6.07, 6.45) is 6.06. The number of anilines is 2. The van der Waals surface area contributed by atoms with E-state index in [4.69, 9.17) is 22.6 Å². The zero-order chi connectivity index (χ0) is 26.5. The van der Waals surface area contributed by atoms with Crippen LogP contribution in [0.4, 0.5) is 11.8 Å². The standard InChI is InChI=1S/C31H47N5S/c1-8-27-22(4)28(32-23(5)26-11-10-20(2)14-21(26)3)34-29(33-27)36-17-24(18-36)31(37)12-9-13-35(19-31)25-15-30(6,7)16-25/h10-11,14,23-25,37H,8-9,12-13,15-19H2,1-7H3,(H,32,33,34)/t23-,31-/m1/s1. The van der Waals surface area contributed by atoms with Gasteiger partial charge in [0.2, 0.25) is 5.95 Å². The Bertz CT molecular complexity index is 1130. The van der Waals surface area contributed by atoms with Crippen molar-refractivity contribution in [3.63, 3.8) is 0 Å². The lowest BCUT2D eigenvalue weighted by molar-refractivity contribution is -0.00124. The van der Waals surface area contributed by atoms with E-state index in [0.29, 0.717) is 11.3 Å². The van der Waals surface area contributed by atoms with Crippen molar-refractivity contribution >= 4 is 24.4 Å². The third kappa shape index (κ3) is 5.38. The minimum atomic E-state index is 0.103. The van der Waals surface area contributed by atoms with Crippen molar-refractivity contribution < 1.29 is 0 Å². The fourth-order valence-electron chi connectivity index (χ4n) is 6.97. The van der Waals surface area contributed by atoms with Crippen LogP contribution in [0.15, 0.2) is 18.2 Å². The van der Waals surface area contributed by atoms with Crippen LogP contribution in [-0.4, -0.2) is 51.8 Å². The lowest BCUT2D eigenvalue weighted by Crippen LogP contribution is -2.63. The van der Waals surface area contributed by atoms with Gasteiger partial charge in [0.25, 0.3) is 0 Å². The number of thiol groups is 1. The molecule has 5 rings (SSSR count). The molecule has 0 amide bonds. The highest BCUT2D eigenvalue weighted by atomic mass is 32.1. The number of hydrogen-bond donors (Lipinski definition) is 2. The van der Waals surface area contributed by atoms with Gasteiger partial charge in [-0.2, -0.15) is 17.6 Å². The number of piperidine rings is 1. The minimum absolute atomic E-state index is 0.103. The van der Waals surface area contributed by atoms with Crippen LogP contribution in [0.2, 0.25) is 0 Å². The smallest absolute Gasteiger partial charge is 0.227 e. The molecule has 1 N–H and O–H groups in total. The molecule has 3 aliphatic rings. The van der Waals surface area contributed by atoms with Crippen molar-refractivity contribution in [2.75, 3.05) is 36.4 Å². The molecule has 2 aliphatic heterocycles. The molecular weight excluding hydrogens is 474 g/mol. The molecule has 2 aromatic rings. The predicted molar refractivity (Wildman–Crippen MR) is 159 cm³/mol. The van der Waals surface area contributed by atoms with Crippen molar-refractivity contribution in [2.45, 2.75) is 97.4 Å². The Morgan fingerprint density at radius 2 is 1.86 bits per heavy atom. The SMILES string of the molecule is CCc1nc(N2CC([C@@]3(S)CCCN(C4CC(C)(C)C4)C3)C2)nc(N[C@H](C)c2ccc(C)cc2C)c1C. The second kappa shape index (κ2) is 10.1. The first-order valence-corrected chi connectivity index (χ1v) is 14.9. The van der Waals surface area contributed by atoms with Crippen molar-refractivity contribution in [2.24, 2.45) is 11.3 Å². The summed E-state index contributed by atoms with van der Waals surface area (Å²) in [5.41, 5.74) is 6.77. The maximum Gasteiger partial charge on any atom is 0.227 e. The fourth-order valence-corrected chi connectivity index (χ4v) is 7.47. The topological polar surface area (TPSA) is 44.3 Å². The van der Waals surface area contributed by atoms with Crippen LogP contribution in [0.5, 0.6) is 0 Å². The molecule has 37 heavy (non-hydrogen) atoms. The van der Waals surface area contributed by atoms with E-state index < -0.39 is 0 Å². The summed E-state index contributed by atoms with van der Waals surface area (Å²) in [6.45, 7) is 20.1. The van der Waals surface area contributed by atoms with Gasteiger partial charge in [-0.1, -0.05) is 44.5 Å². The number of likely N-dealkylation sites (tertiary alicyclic amines) is 1. The molecule has 1 aromatic carbocycles. The van der Waals surface area contributed by atoms with Crippen LogP contribution < -0.4 is 10.2 Å². The van der Waals surface area contributed by atoms with E-state index in [9.17, 15) is 0 Å². The summed E-state index contributed by atoms with van der Waals surface area (Å²) >= 11 is 5.35. The summed E-state index contributed by atoms with van der Waals surface area (Å²) in [4.78, 5) is 15.2. The highest BCUT2D eigenvalue weighted by molar-refractivity contribution is 7.81. The Morgan fingerprint density at radius 3 is 2.51 bits per heavy atom. The number of nitrogens with one attached hydrogen (secondary N) is 1. The Balaban J connectivity index is 1.27. The zero-order valence-corrected chi connectivity index (χ0v) is 25.0. The van der Waals surface area contributed by atoms with Crippen molar-refractivity contribution in [3.8, 4) is 0 Å². The van der Waals surface area contributed by atoms with E-state index in [2.05, 4.69) is 81.8 Å². The number of benzene rings is 1. The van der Waals surface area contributed by atoms with Gasteiger partial charge in [0.1, 0.15) is 5.82 Å². The molecule has 3 fully saturated rings. The molecule has 0 unspecified atom stereocenters. The molecule has 2 atom stereocenters. The molecule has 0 bridgehead atoms. The average Bonchev–Trinajstić information content (AvgIpc) is 2.78. The van der Waals surface area contributed by atoms with Crippen LogP contribution in [0, 0.1) is 32.1 Å². The molecule has 0 radical (unpaired) electrons. The first-order valence-electron chi connectivity index (χ1n) is 14.4. The fraction of sp³-hybridized carbons (Fsp3) is 0.677. The average molecular weight is 522 g/mol. The summed E-state index contributed by atoms with van der Waals surface area (Å²) in [5.74, 6) is 2.43. The number of rotatable bonds is 7. The molecule has 6 heteroatoms. The minimum Gasteiger partial charge on any atom is -0.363 e. The third-order valence-electron chi connectivity index (χ3n) is 9.36. The van der Waals surface area contributed by atoms with Crippen molar-refractivity contribution in [3.05, 3.63) is 46.1 Å². The van der Waals surface area contributed by atoms with Gasteiger partial charge in [-0.05, 0) is 82.9 Å². The van der Waals surface area contributed by atoms with E-state index >= 15 is 0 Å². The maximum atomic E-state index is 5.35. The Labute approximate surface area is 230 Å². The lowest BCUT2D eigenvalue weighted by Gasteiger charge is -2.56. The summed E-state index contributed by atoms with van der Waals surface area (Å²) in [7, 11) is 0. The highest BCUT2D eigenvalue weighted by Crippen LogP contribution is 2.47. The first kappa shape index (κ1) is 26.8. The molecule has 1 aromatic heterocycles. The zero-order valence-electron chi connectivity index (χ0n) is 24.1. The summed E-state index contributed by atoms with van der Waals surface area (Å²) in [5, 5.41) is 3.73. The molecule has 0 spiro atoms. The molecule has 1 aliphatic carbocycles. The highest BCUT2D eigenvalue weighted by Gasteiger charge is 2.49. The van der Waals surface area contributed by atoms with Crippen molar-refractivity contribution in [1.82, 2.24) is 14.9 Å². The first-order chi connectivity index (χ1) is 17.5. The van der Waals surface area contributed by atoms with Crippen LogP contribution in [-0.2, 0) is 6.42 Å². The molecule has 1 saturated carbocycles. The van der Waals surface area contributed by atoms with E-state index in [0.717, 1.165) is 55.1 Å². The predicted octanol–water partition coefficient (Wildman–Crippen LogP) is 6.53. The van der Waals surface area contributed by atoms with Gasteiger partial charge in [-0.3, -0.25) is 4.90 Å². The van der Waals surface area contributed by atoms with Gasteiger partial charge in [0, 0.05) is 41.9 Å². The Hall–Kier alpha value is -1.79. The van der Waals surface area contributed by atoms with Gasteiger partial charge in [0.15, 0.2) is 0 Å². The third-order valence-corrected chi connectivity index (χ3v) is 10.1. The lowest BCUT2D eigenvalue weighted by atomic mass is 9.67. The molecule has 3 heterocycles. The quantitative estimate of drug-likeness (QED) is 0.406. The molecule has 5 nitrogen and oxygen atoms in total. The van der Waals surface area contributed by atoms with Gasteiger partial charge in [-0.15, -0.1) is 0 Å². The van der Waals surface area contributed by atoms with Gasteiger partial charge < -0.3 is 10.2 Å². The number of aryl methyl sites for hydroxylation is 3. The van der Waals surface area contributed by atoms with Crippen molar-refractivity contribution in [1.29, 1.82) is 0 Å². The molecule has 2 saturated heterocycles. The molecular formula is C31H47N5S. The Kier molecular flexibility index (Phi) is 7.29. The van der Waals surface area contributed by atoms with E-state index in [-0.39, 0.29) is 10.8 Å². The molecule has 202 valence electrons. The van der Waals surface area contributed by atoms with Crippen LogP contribution in [0.1, 0.15) is 87.4 Å². The van der Waals surface area contributed by atoms with Crippen LogP contribution in [0.3, 0.4) is 0 Å². The van der Waals surface area contributed by atoms with Crippen LogP contribution in [0.25, 0.3) is 0 Å². The maximum absolute atomic E-state index is 5.35. The second-order valence-electron chi connectivity index (χ2n) is 13.0. The van der Waals surface area contributed by atoms with Crippen LogP contribution >= 0.6 is 12.6 Å².